The van der Waals surface area contributed by atoms with E-state index in [-0.39, 0.29) is 0 Å². The molecule has 0 unspecified atom stereocenters. The SMILES string of the molecule is Cc1c(C#N)c(N2CCN(C)CC2)nc(N2CCN(C)CC2)c1C#N. The molecule has 0 atom stereocenters. The first-order chi connectivity index (χ1) is 12.0. The topological polar surface area (TPSA) is 73.4 Å². The summed E-state index contributed by atoms with van der Waals surface area (Å²) >= 11 is 0. The highest BCUT2D eigenvalue weighted by molar-refractivity contribution is 5.70. The summed E-state index contributed by atoms with van der Waals surface area (Å²) in [5, 5.41) is 19.4. The van der Waals surface area contributed by atoms with E-state index in [0.717, 1.165) is 69.6 Å². The molecule has 25 heavy (non-hydrogen) atoms. The zero-order valence-corrected chi connectivity index (χ0v) is 15.3. The Balaban J connectivity index is 2.03. The van der Waals surface area contributed by atoms with Gasteiger partial charge in [0.05, 0.1) is 11.1 Å². The van der Waals surface area contributed by atoms with Crippen LogP contribution in [0.1, 0.15) is 16.7 Å². The number of aromatic nitrogens is 1. The molecule has 0 aliphatic carbocycles. The molecule has 2 aliphatic rings. The van der Waals surface area contributed by atoms with Gasteiger partial charge >= 0.3 is 0 Å². The number of piperazine rings is 2. The Morgan fingerprint density at radius 3 is 1.40 bits per heavy atom. The average molecular weight is 339 g/mol. The third-order valence-corrected chi connectivity index (χ3v) is 5.24. The molecule has 0 N–H and O–H groups in total. The highest BCUT2D eigenvalue weighted by Crippen LogP contribution is 2.31. The fourth-order valence-electron chi connectivity index (χ4n) is 3.43. The molecule has 3 rings (SSSR count). The fraction of sp³-hybridized carbons (Fsp3) is 0.611. The number of anilines is 2. The van der Waals surface area contributed by atoms with Crippen molar-refractivity contribution in [1.82, 2.24) is 14.8 Å². The average Bonchev–Trinajstić information content (AvgIpc) is 2.62. The highest BCUT2D eigenvalue weighted by Gasteiger charge is 2.26. The molecule has 0 bridgehead atoms. The maximum absolute atomic E-state index is 9.68. The monoisotopic (exact) mass is 339 g/mol. The first-order valence-electron chi connectivity index (χ1n) is 8.77. The standard InChI is InChI=1S/C18H25N7/c1-14-15(12-19)17(24-8-4-22(2)5-9-24)21-18(16(14)13-20)25-10-6-23(3)7-11-25/h4-11H2,1-3H3. The van der Waals surface area contributed by atoms with Crippen LogP contribution in [-0.4, -0.2) is 81.2 Å². The summed E-state index contributed by atoms with van der Waals surface area (Å²) in [7, 11) is 4.21. The molecular weight excluding hydrogens is 314 g/mol. The number of hydrogen-bond acceptors (Lipinski definition) is 7. The third kappa shape index (κ3) is 3.39. The highest BCUT2D eigenvalue weighted by atomic mass is 15.3. The zero-order chi connectivity index (χ0) is 18.0. The maximum Gasteiger partial charge on any atom is 0.149 e. The lowest BCUT2D eigenvalue weighted by Crippen LogP contribution is -2.46. The van der Waals surface area contributed by atoms with Gasteiger partial charge in [-0.05, 0) is 26.6 Å². The number of pyridine rings is 1. The van der Waals surface area contributed by atoms with Gasteiger partial charge in [0.25, 0.3) is 0 Å². The largest absolute Gasteiger partial charge is 0.353 e. The van der Waals surface area contributed by atoms with Gasteiger partial charge in [-0.15, -0.1) is 0 Å². The summed E-state index contributed by atoms with van der Waals surface area (Å²) in [6.45, 7) is 9.10. The lowest BCUT2D eigenvalue weighted by Gasteiger charge is -2.37. The van der Waals surface area contributed by atoms with E-state index in [1.807, 2.05) is 6.92 Å². The molecule has 7 heteroatoms. The quantitative estimate of drug-likeness (QED) is 0.783. The van der Waals surface area contributed by atoms with Gasteiger partial charge in [-0.3, -0.25) is 0 Å². The van der Waals surface area contributed by atoms with Gasteiger partial charge in [0, 0.05) is 52.4 Å². The Hall–Kier alpha value is -2.35. The molecule has 0 aromatic carbocycles. The van der Waals surface area contributed by atoms with Crippen LogP contribution in [0, 0.1) is 29.6 Å². The second-order valence-electron chi connectivity index (χ2n) is 6.94. The van der Waals surface area contributed by atoms with E-state index in [1.165, 1.54) is 0 Å². The summed E-state index contributed by atoms with van der Waals surface area (Å²) < 4.78 is 0. The Morgan fingerprint density at radius 2 is 1.08 bits per heavy atom. The van der Waals surface area contributed by atoms with Crippen molar-refractivity contribution in [2.24, 2.45) is 0 Å². The van der Waals surface area contributed by atoms with E-state index in [1.54, 1.807) is 0 Å². The molecule has 1 aromatic heterocycles. The van der Waals surface area contributed by atoms with Crippen LogP contribution >= 0.6 is 0 Å². The van der Waals surface area contributed by atoms with Gasteiger partial charge in [0.2, 0.25) is 0 Å². The molecule has 1 aromatic rings. The smallest absolute Gasteiger partial charge is 0.149 e. The third-order valence-electron chi connectivity index (χ3n) is 5.24. The van der Waals surface area contributed by atoms with Crippen molar-refractivity contribution in [3.05, 3.63) is 16.7 Å². The molecule has 3 heterocycles. The first kappa shape index (κ1) is 17.5. The molecule has 2 saturated heterocycles. The number of nitrogens with zero attached hydrogens (tertiary/aromatic N) is 7. The van der Waals surface area contributed by atoms with Crippen LogP contribution in [0.15, 0.2) is 0 Å². The Bertz CT molecular complexity index is 656. The summed E-state index contributed by atoms with van der Waals surface area (Å²) in [5.74, 6) is 1.47. The van der Waals surface area contributed by atoms with Crippen LogP contribution in [0.2, 0.25) is 0 Å². The minimum absolute atomic E-state index is 0.541. The van der Waals surface area contributed by atoms with Gasteiger partial charge in [0.1, 0.15) is 23.8 Å². The lowest BCUT2D eigenvalue weighted by atomic mass is 10.0. The van der Waals surface area contributed by atoms with Crippen LogP contribution in [-0.2, 0) is 0 Å². The van der Waals surface area contributed by atoms with Gasteiger partial charge in [0.15, 0.2) is 0 Å². The van der Waals surface area contributed by atoms with Crippen LogP contribution in [0.25, 0.3) is 0 Å². The van der Waals surface area contributed by atoms with Crippen molar-refractivity contribution < 1.29 is 0 Å². The number of hydrogen-bond donors (Lipinski definition) is 0. The van der Waals surface area contributed by atoms with Crippen molar-refractivity contribution in [3.8, 4) is 12.1 Å². The molecule has 2 aliphatic heterocycles. The summed E-state index contributed by atoms with van der Waals surface area (Å²) in [6.07, 6.45) is 0. The van der Waals surface area contributed by atoms with E-state index in [0.29, 0.717) is 11.1 Å². The normalized spacial score (nSPS) is 19.6. The molecular formula is C18H25N7. The molecule has 0 spiro atoms. The second kappa shape index (κ2) is 7.26. The molecule has 7 nitrogen and oxygen atoms in total. The maximum atomic E-state index is 9.68. The Labute approximate surface area is 149 Å². The van der Waals surface area contributed by atoms with Gasteiger partial charge in [-0.1, -0.05) is 0 Å². The molecule has 0 amide bonds. The van der Waals surface area contributed by atoms with E-state index in [9.17, 15) is 10.5 Å². The zero-order valence-electron chi connectivity index (χ0n) is 15.3. The van der Waals surface area contributed by atoms with Crippen molar-refractivity contribution >= 4 is 11.6 Å². The van der Waals surface area contributed by atoms with Crippen molar-refractivity contribution in [3.63, 3.8) is 0 Å². The van der Waals surface area contributed by atoms with Crippen LogP contribution in [0.5, 0.6) is 0 Å². The van der Waals surface area contributed by atoms with Gasteiger partial charge < -0.3 is 19.6 Å². The molecule has 2 fully saturated rings. The minimum Gasteiger partial charge on any atom is -0.353 e. The fourth-order valence-corrected chi connectivity index (χ4v) is 3.43. The van der Waals surface area contributed by atoms with Crippen molar-refractivity contribution in [2.75, 3.05) is 76.3 Å². The number of rotatable bonds is 2. The van der Waals surface area contributed by atoms with E-state index >= 15 is 0 Å². The second-order valence-corrected chi connectivity index (χ2v) is 6.94. The van der Waals surface area contributed by atoms with Crippen LogP contribution in [0.3, 0.4) is 0 Å². The summed E-state index contributed by atoms with van der Waals surface area (Å²) in [5.41, 5.74) is 1.83. The molecule has 0 radical (unpaired) electrons. The van der Waals surface area contributed by atoms with E-state index in [2.05, 4.69) is 45.8 Å². The van der Waals surface area contributed by atoms with E-state index in [4.69, 9.17) is 4.98 Å². The number of nitriles is 2. The lowest BCUT2D eigenvalue weighted by molar-refractivity contribution is 0.310. The minimum atomic E-state index is 0.541. The first-order valence-corrected chi connectivity index (χ1v) is 8.77. The Kier molecular flexibility index (Phi) is 5.08. The van der Waals surface area contributed by atoms with Crippen LogP contribution < -0.4 is 9.80 Å². The van der Waals surface area contributed by atoms with Crippen molar-refractivity contribution in [1.29, 1.82) is 10.5 Å². The van der Waals surface area contributed by atoms with Gasteiger partial charge in [-0.25, -0.2) is 4.98 Å². The van der Waals surface area contributed by atoms with Gasteiger partial charge in [-0.2, -0.15) is 10.5 Å². The Morgan fingerprint density at radius 1 is 0.720 bits per heavy atom. The predicted molar refractivity (Wildman–Crippen MR) is 97.8 cm³/mol. The van der Waals surface area contributed by atoms with Crippen molar-refractivity contribution in [2.45, 2.75) is 6.92 Å². The number of likely N-dealkylation sites (N-methyl/N-ethyl adjacent to an activating group) is 2. The summed E-state index contributed by atoms with van der Waals surface area (Å²) in [4.78, 5) is 13.8. The predicted octanol–water partition coefficient (Wildman–Crippen LogP) is 0.637. The molecule has 132 valence electrons. The summed E-state index contributed by atoms with van der Waals surface area (Å²) in [6, 6.07) is 4.58. The van der Waals surface area contributed by atoms with Crippen LogP contribution in [0.4, 0.5) is 11.6 Å². The molecule has 0 saturated carbocycles. The van der Waals surface area contributed by atoms with E-state index < -0.39 is 0 Å².